The molecule has 3 N–H and O–H groups in total. The van der Waals surface area contributed by atoms with Crippen LogP contribution in [0.5, 0.6) is 0 Å². The van der Waals surface area contributed by atoms with Gasteiger partial charge in [-0.25, -0.2) is 27.8 Å². The number of aryl methyl sites for hydroxylation is 1. The zero-order chi connectivity index (χ0) is 29.4. The van der Waals surface area contributed by atoms with E-state index in [9.17, 15) is 17.6 Å². The number of hydrogen-bond acceptors (Lipinski definition) is 8. The molecular weight excluding hydrogens is 559 g/mol. The first-order chi connectivity index (χ1) is 20.2. The van der Waals surface area contributed by atoms with E-state index in [1.807, 2.05) is 12.1 Å². The molecule has 5 heterocycles. The van der Waals surface area contributed by atoms with Gasteiger partial charge in [0.25, 0.3) is 0 Å². The van der Waals surface area contributed by atoms with E-state index >= 15 is 0 Å². The maximum atomic E-state index is 14.6. The van der Waals surface area contributed by atoms with Crippen LogP contribution in [0.2, 0.25) is 0 Å². The number of pyridine rings is 3. The molecule has 5 aromatic heterocycles. The number of rotatable bonds is 8. The number of anilines is 1. The fourth-order valence-corrected chi connectivity index (χ4v) is 5.28. The predicted octanol–water partition coefficient (Wildman–Crippen LogP) is 4.70. The van der Waals surface area contributed by atoms with Crippen LogP contribution >= 0.6 is 0 Å². The third kappa shape index (κ3) is 5.59. The largest absolute Gasteiger partial charge is 0.335 e. The Balaban J connectivity index is 1.39. The van der Waals surface area contributed by atoms with Gasteiger partial charge in [-0.05, 0) is 47.9 Å². The summed E-state index contributed by atoms with van der Waals surface area (Å²) in [7, 11) is -3.20. The van der Waals surface area contributed by atoms with E-state index in [4.69, 9.17) is 0 Å². The number of imidazole rings is 1. The molecule has 11 nitrogen and oxygen atoms in total. The summed E-state index contributed by atoms with van der Waals surface area (Å²) in [6.45, 7) is 1.78. The van der Waals surface area contributed by atoms with Crippen molar-refractivity contribution in [1.82, 2.24) is 35.1 Å². The van der Waals surface area contributed by atoms with Gasteiger partial charge in [-0.15, -0.1) is 0 Å². The van der Waals surface area contributed by atoms with E-state index in [1.54, 1.807) is 43.8 Å². The van der Waals surface area contributed by atoms with Crippen molar-refractivity contribution in [3.05, 3.63) is 72.6 Å². The lowest BCUT2D eigenvalue weighted by molar-refractivity contribution is -0.115. The second-order valence-electron chi connectivity index (χ2n) is 9.93. The smallest absolute Gasteiger partial charge is 0.224 e. The first-order valence-electron chi connectivity index (χ1n) is 13.1. The molecule has 212 valence electrons. The van der Waals surface area contributed by atoms with Gasteiger partial charge in [-0.3, -0.25) is 14.9 Å². The molecule has 0 fully saturated rings. The summed E-state index contributed by atoms with van der Waals surface area (Å²) in [6.07, 6.45) is 8.25. The summed E-state index contributed by atoms with van der Waals surface area (Å²) >= 11 is 0. The number of carbonyl (C=O) groups excluding carboxylic acids is 1. The van der Waals surface area contributed by atoms with Crippen molar-refractivity contribution in [2.45, 2.75) is 19.8 Å². The topological polar surface area (TPSA) is 159 Å². The van der Waals surface area contributed by atoms with Gasteiger partial charge >= 0.3 is 0 Å². The maximum absolute atomic E-state index is 14.6. The van der Waals surface area contributed by atoms with E-state index in [1.165, 1.54) is 12.1 Å². The summed E-state index contributed by atoms with van der Waals surface area (Å²) < 4.78 is 37.9. The molecule has 0 saturated heterocycles. The van der Waals surface area contributed by atoms with Crippen LogP contribution in [0.25, 0.3) is 56.0 Å². The zero-order valence-corrected chi connectivity index (χ0v) is 23.5. The van der Waals surface area contributed by atoms with Crippen molar-refractivity contribution < 1.29 is 17.6 Å². The lowest BCUT2D eigenvalue weighted by Crippen LogP contribution is -2.09. The Morgan fingerprint density at radius 3 is 2.64 bits per heavy atom. The molecule has 0 saturated carbocycles. The van der Waals surface area contributed by atoms with Gasteiger partial charge in [0.2, 0.25) is 5.91 Å². The monoisotopic (exact) mass is 584 g/mol. The maximum Gasteiger partial charge on any atom is 0.224 e. The molecule has 0 aliphatic heterocycles. The van der Waals surface area contributed by atoms with Crippen LogP contribution in [-0.2, 0) is 21.1 Å². The highest BCUT2D eigenvalue weighted by atomic mass is 32.2. The van der Waals surface area contributed by atoms with E-state index in [0.29, 0.717) is 62.5 Å². The van der Waals surface area contributed by atoms with Gasteiger partial charge in [0.1, 0.15) is 21.3 Å². The van der Waals surface area contributed by atoms with E-state index in [0.717, 1.165) is 17.4 Å². The van der Waals surface area contributed by atoms with Gasteiger partial charge in [0, 0.05) is 48.0 Å². The van der Waals surface area contributed by atoms with Crippen molar-refractivity contribution >= 4 is 43.6 Å². The normalized spacial score (nSPS) is 11.8. The molecule has 0 aliphatic rings. The highest BCUT2D eigenvalue weighted by Gasteiger charge is 2.18. The Morgan fingerprint density at radius 1 is 1.00 bits per heavy atom. The molecular formula is C29H25FN8O3S. The minimum absolute atomic E-state index is 0.0769. The highest BCUT2D eigenvalue weighted by Crippen LogP contribution is 2.33. The first-order valence-corrected chi connectivity index (χ1v) is 15.1. The summed E-state index contributed by atoms with van der Waals surface area (Å²) in [5.41, 5.74) is 5.98. The molecule has 42 heavy (non-hydrogen) atoms. The number of benzene rings is 1. The van der Waals surface area contributed by atoms with Gasteiger partial charge in [-0.1, -0.05) is 13.0 Å². The van der Waals surface area contributed by atoms with Crippen molar-refractivity contribution in [2.24, 2.45) is 0 Å². The number of carbonyl (C=O) groups is 1. The quantitative estimate of drug-likeness (QED) is 0.232. The molecule has 0 atom stereocenters. The number of nitrogens with zero attached hydrogens (tertiary/aromatic N) is 5. The molecule has 0 unspecified atom stereocenters. The second-order valence-corrected chi connectivity index (χ2v) is 12.2. The van der Waals surface area contributed by atoms with Gasteiger partial charge in [0.05, 0.1) is 28.5 Å². The number of aromatic nitrogens is 7. The van der Waals surface area contributed by atoms with Crippen molar-refractivity contribution in [2.75, 3.05) is 17.3 Å². The number of halogens is 1. The molecule has 13 heteroatoms. The summed E-state index contributed by atoms with van der Waals surface area (Å²) in [5.74, 6) is -0.193. The molecule has 0 bridgehead atoms. The lowest BCUT2D eigenvalue weighted by atomic mass is 10.0. The summed E-state index contributed by atoms with van der Waals surface area (Å²) in [6, 6.07) is 10.00. The van der Waals surface area contributed by atoms with Gasteiger partial charge < -0.3 is 10.3 Å². The minimum atomic E-state index is -3.20. The number of amides is 1. The Labute approximate surface area is 239 Å². The average Bonchev–Trinajstić information content (AvgIpc) is 3.59. The lowest BCUT2D eigenvalue weighted by Gasteiger charge is -2.07. The highest BCUT2D eigenvalue weighted by molar-refractivity contribution is 7.90. The fraction of sp³-hybridized carbons (Fsp3) is 0.172. The zero-order valence-electron chi connectivity index (χ0n) is 22.6. The number of hydrogen-bond donors (Lipinski definition) is 3. The van der Waals surface area contributed by atoms with Crippen LogP contribution in [0.4, 0.5) is 10.1 Å². The van der Waals surface area contributed by atoms with Crippen LogP contribution in [0, 0.1) is 5.82 Å². The van der Waals surface area contributed by atoms with Crippen LogP contribution in [0.1, 0.15) is 18.9 Å². The molecule has 6 aromatic rings. The summed E-state index contributed by atoms with van der Waals surface area (Å²) in [5, 5.41) is 10.8. The predicted molar refractivity (Wildman–Crippen MR) is 158 cm³/mol. The van der Waals surface area contributed by atoms with Crippen molar-refractivity contribution in [3.8, 4) is 33.8 Å². The van der Waals surface area contributed by atoms with Gasteiger partial charge in [0.15, 0.2) is 17.1 Å². The van der Waals surface area contributed by atoms with Crippen molar-refractivity contribution in [3.63, 3.8) is 0 Å². The number of H-pyrrole nitrogens is 2. The first kappa shape index (κ1) is 27.1. The Hall–Kier alpha value is -5.04. The Morgan fingerprint density at radius 2 is 1.83 bits per heavy atom. The van der Waals surface area contributed by atoms with Crippen LogP contribution < -0.4 is 5.32 Å². The molecule has 1 amide bonds. The van der Waals surface area contributed by atoms with Crippen LogP contribution in [-0.4, -0.2) is 61.5 Å². The van der Waals surface area contributed by atoms with Crippen molar-refractivity contribution in [1.29, 1.82) is 0 Å². The summed E-state index contributed by atoms with van der Waals surface area (Å²) in [4.78, 5) is 32.9. The molecule has 6 rings (SSSR count). The number of nitrogens with one attached hydrogen (secondary N) is 3. The standard InChI is InChI=1S/C29H25FN8O3S/c1-3-24(39)34-21-11-18(13-31-15-21)19-12-23-26(37-38-27(23)33-14-19)29-35-25-22(4-6-32-28(25)36-29)17-8-16(9-20(30)10-17)5-7-42(2,40)41/h4,6,8-15H,3,5,7H2,1-2H3,(H,34,39)(H,32,35,36)(H,33,37,38). The van der Waals surface area contributed by atoms with Gasteiger partial charge in [-0.2, -0.15) is 5.10 Å². The molecule has 1 aromatic carbocycles. The van der Waals surface area contributed by atoms with Crippen LogP contribution in [0.15, 0.2) is 61.2 Å². The van der Waals surface area contributed by atoms with E-state index < -0.39 is 15.7 Å². The second kappa shape index (κ2) is 10.7. The number of fused-ring (bicyclic) bond motifs is 2. The van der Waals surface area contributed by atoms with E-state index in [2.05, 4.69) is 40.4 Å². The molecule has 0 spiro atoms. The third-order valence-corrected chi connectivity index (χ3v) is 7.69. The Kier molecular flexibility index (Phi) is 6.94. The van der Waals surface area contributed by atoms with E-state index in [-0.39, 0.29) is 18.1 Å². The number of sulfone groups is 1. The minimum Gasteiger partial charge on any atom is -0.335 e. The SMILES string of the molecule is CCC(=O)Nc1cncc(-c2cnc3n[nH]c(-c4nc5nccc(-c6cc(F)cc(CCS(C)(=O)=O)c6)c5[nH]4)c3c2)c1. The fourth-order valence-electron chi connectivity index (χ4n) is 4.68. The molecule has 0 aliphatic carbocycles. The Bertz CT molecular complexity index is 2090. The molecule has 0 radical (unpaired) electrons. The van der Waals surface area contributed by atoms with Crippen LogP contribution in [0.3, 0.4) is 0 Å². The third-order valence-electron chi connectivity index (χ3n) is 6.75. The number of aromatic amines is 2. The average molecular weight is 585 g/mol.